The monoisotopic (exact) mass is 285 g/mol. The van der Waals surface area contributed by atoms with E-state index >= 15 is 0 Å². The van der Waals surface area contributed by atoms with Gasteiger partial charge in [-0.2, -0.15) is 0 Å². The molecule has 0 radical (unpaired) electrons. The number of hydrogen-bond donors (Lipinski definition) is 4. The molecular weight excluding hydrogens is 266 g/mol. The maximum Gasteiger partial charge on any atom is 0.315 e. The molecule has 8 heteroatoms. The smallest absolute Gasteiger partial charge is 0.315 e. The summed E-state index contributed by atoms with van der Waals surface area (Å²) in [6, 6.07) is -1.20. The quantitative estimate of drug-likeness (QED) is 0.390. The number of piperidine rings is 1. The number of carbonyl (C=O) groups is 4. The maximum atomic E-state index is 11.5. The van der Waals surface area contributed by atoms with Gasteiger partial charge in [0.1, 0.15) is 6.04 Å². The predicted octanol–water partition coefficient (Wildman–Crippen LogP) is -0.408. The van der Waals surface area contributed by atoms with Crippen LogP contribution in [0.2, 0.25) is 0 Å². The van der Waals surface area contributed by atoms with Crippen LogP contribution in [0.5, 0.6) is 0 Å². The molecule has 0 aromatic carbocycles. The molecular formula is C12H19N3O5. The molecule has 4 N–H and O–H groups in total. The van der Waals surface area contributed by atoms with E-state index in [0.29, 0.717) is 19.4 Å². The lowest BCUT2D eigenvalue weighted by Crippen LogP contribution is -2.54. The van der Waals surface area contributed by atoms with Crippen molar-refractivity contribution in [2.75, 3.05) is 6.54 Å². The minimum atomic E-state index is -0.863. The number of nitrogens with one attached hydrogen (secondary N) is 3. The van der Waals surface area contributed by atoms with Gasteiger partial charge in [-0.25, -0.2) is 4.79 Å². The Kier molecular flexibility index (Phi) is 5.95. The lowest BCUT2D eigenvalue weighted by Gasteiger charge is -2.21. The van der Waals surface area contributed by atoms with Crippen LogP contribution in [-0.2, 0) is 14.4 Å². The van der Waals surface area contributed by atoms with Gasteiger partial charge in [0.15, 0.2) is 0 Å². The van der Waals surface area contributed by atoms with Crippen LogP contribution in [0.4, 0.5) is 4.79 Å². The summed E-state index contributed by atoms with van der Waals surface area (Å²) in [7, 11) is 0. The Balaban J connectivity index is 2.19. The van der Waals surface area contributed by atoms with E-state index in [9.17, 15) is 19.2 Å². The number of amides is 4. The van der Waals surface area contributed by atoms with Crippen LogP contribution in [0, 0.1) is 5.92 Å². The highest BCUT2D eigenvalue weighted by Gasteiger charge is 2.27. The number of carboxylic acid groups (broad SMARTS) is 1. The highest BCUT2D eigenvalue weighted by atomic mass is 16.4. The first-order chi connectivity index (χ1) is 9.40. The van der Waals surface area contributed by atoms with Crippen LogP contribution in [0.3, 0.4) is 0 Å². The summed E-state index contributed by atoms with van der Waals surface area (Å²) < 4.78 is 0. The lowest BCUT2D eigenvalue weighted by atomic mass is 10.1. The third-order valence-electron chi connectivity index (χ3n) is 3.07. The average Bonchev–Trinajstić information content (AvgIpc) is 2.37. The summed E-state index contributed by atoms with van der Waals surface area (Å²) in [6.07, 6.45) is 1.49. The van der Waals surface area contributed by atoms with Crippen molar-refractivity contribution in [3.05, 3.63) is 0 Å². The second kappa shape index (κ2) is 7.46. The van der Waals surface area contributed by atoms with E-state index in [1.54, 1.807) is 6.92 Å². The summed E-state index contributed by atoms with van der Waals surface area (Å²) in [5.41, 5.74) is 0. The third-order valence-corrected chi connectivity index (χ3v) is 3.07. The second-order valence-electron chi connectivity index (χ2n) is 4.79. The molecule has 0 saturated carbocycles. The van der Waals surface area contributed by atoms with Crippen LogP contribution < -0.4 is 16.0 Å². The van der Waals surface area contributed by atoms with Crippen molar-refractivity contribution in [3.8, 4) is 0 Å². The SMILES string of the molecule is CC(CCCNC(=O)NC1CCC(=O)NC1=O)C(=O)O. The van der Waals surface area contributed by atoms with Gasteiger partial charge < -0.3 is 15.7 Å². The van der Waals surface area contributed by atoms with Crippen molar-refractivity contribution in [3.63, 3.8) is 0 Å². The van der Waals surface area contributed by atoms with E-state index in [2.05, 4.69) is 16.0 Å². The first kappa shape index (κ1) is 15.9. The summed E-state index contributed by atoms with van der Waals surface area (Å²) in [6.45, 7) is 1.93. The van der Waals surface area contributed by atoms with Crippen molar-refractivity contribution in [2.24, 2.45) is 5.92 Å². The molecule has 1 heterocycles. The van der Waals surface area contributed by atoms with E-state index in [-0.39, 0.29) is 18.7 Å². The van der Waals surface area contributed by atoms with Gasteiger partial charge in [-0.3, -0.25) is 19.7 Å². The molecule has 0 aliphatic carbocycles. The molecule has 1 aliphatic heterocycles. The Morgan fingerprint density at radius 1 is 1.45 bits per heavy atom. The fourth-order valence-electron chi connectivity index (χ4n) is 1.77. The lowest BCUT2D eigenvalue weighted by molar-refractivity contribution is -0.141. The van der Waals surface area contributed by atoms with Crippen molar-refractivity contribution in [2.45, 2.75) is 38.6 Å². The number of aliphatic carboxylic acids is 1. The molecule has 1 aliphatic rings. The van der Waals surface area contributed by atoms with Crippen LogP contribution in [-0.4, -0.2) is 41.5 Å². The van der Waals surface area contributed by atoms with Gasteiger partial charge in [0.25, 0.3) is 0 Å². The number of carbonyl (C=O) groups excluding carboxylic acids is 3. The summed E-state index contributed by atoms with van der Waals surface area (Å²) >= 11 is 0. The van der Waals surface area contributed by atoms with E-state index in [4.69, 9.17) is 5.11 Å². The Labute approximate surface area is 116 Å². The van der Waals surface area contributed by atoms with Gasteiger partial charge >= 0.3 is 12.0 Å². The van der Waals surface area contributed by atoms with Gasteiger partial charge in [-0.05, 0) is 19.3 Å². The molecule has 8 nitrogen and oxygen atoms in total. The number of rotatable bonds is 6. The summed E-state index contributed by atoms with van der Waals surface area (Å²) in [5.74, 6) is -2.15. The van der Waals surface area contributed by atoms with Crippen molar-refractivity contribution in [1.82, 2.24) is 16.0 Å². The fourth-order valence-corrected chi connectivity index (χ4v) is 1.77. The maximum absolute atomic E-state index is 11.5. The van der Waals surface area contributed by atoms with Crippen LogP contribution in [0.15, 0.2) is 0 Å². The van der Waals surface area contributed by atoms with Gasteiger partial charge in [0.2, 0.25) is 11.8 Å². The van der Waals surface area contributed by atoms with Gasteiger partial charge in [0.05, 0.1) is 5.92 Å². The zero-order valence-corrected chi connectivity index (χ0v) is 11.3. The Morgan fingerprint density at radius 2 is 2.15 bits per heavy atom. The van der Waals surface area contributed by atoms with E-state index in [1.807, 2.05) is 0 Å². The van der Waals surface area contributed by atoms with Crippen LogP contribution in [0.1, 0.15) is 32.6 Å². The molecule has 0 bridgehead atoms. The van der Waals surface area contributed by atoms with E-state index in [1.165, 1.54) is 0 Å². The summed E-state index contributed by atoms with van der Waals surface area (Å²) in [4.78, 5) is 44.4. The Hall–Kier alpha value is -2.12. The summed E-state index contributed by atoms with van der Waals surface area (Å²) in [5, 5.41) is 15.8. The van der Waals surface area contributed by atoms with Crippen LogP contribution >= 0.6 is 0 Å². The molecule has 4 amide bonds. The van der Waals surface area contributed by atoms with Gasteiger partial charge in [-0.15, -0.1) is 0 Å². The second-order valence-corrected chi connectivity index (χ2v) is 4.79. The first-order valence-corrected chi connectivity index (χ1v) is 6.51. The molecule has 2 atom stereocenters. The van der Waals surface area contributed by atoms with Gasteiger partial charge in [0, 0.05) is 13.0 Å². The molecule has 0 aromatic heterocycles. The predicted molar refractivity (Wildman–Crippen MR) is 68.7 cm³/mol. The molecule has 0 aromatic rings. The van der Waals surface area contributed by atoms with Crippen molar-refractivity contribution in [1.29, 1.82) is 0 Å². The highest BCUT2D eigenvalue weighted by Crippen LogP contribution is 2.05. The number of hydrogen-bond acceptors (Lipinski definition) is 4. The van der Waals surface area contributed by atoms with Crippen LogP contribution in [0.25, 0.3) is 0 Å². The van der Waals surface area contributed by atoms with Gasteiger partial charge in [-0.1, -0.05) is 6.92 Å². The normalized spacial score (nSPS) is 19.9. The fraction of sp³-hybridized carbons (Fsp3) is 0.667. The Bertz CT molecular complexity index is 410. The minimum Gasteiger partial charge on any atom is -0.481 e. The Morgan fingerprint density at radius 3 is 2.75 bits per heavy atom. The zero-order chi connectivity index (χ0) is 15.1. The third kappa shape index (κ3) is 5.25. The molecule has 1 rings (SSSR count). The number of carboxylic acids is 1. The standard InChI is InChI=1S/C12H19N3O5/c1-7(11(18)19)3-2-6-13-12(20)14-8-4-5-9(16)15-10(8)17/h7-8H,2-6H2,1H3,(H,18,19)(H2,13,14,20)(H,15,16,17). The minimum absolute atomic E-state index is 0.201. The average molecular weight is 285 g/mol. The molecule has 112 valence electrons. The van der Waals surface area contributed by atoms with E-state index < -0.39 is 29.9 Å². The molecule has 1 saturated heterocycles. The molecule has 1 fully saturated rings. The first-order valence-electron chi connectivity index (χ1n) is 6.51. The molecule has 0 spiro atoms. The number of imide groups is 1. The number of urea groups is 1. The topological polar surface area (TPSA) is 125 Å². The molecule has 2 unspecified atom stereocenters. The largest absolute Gasteiger partial charge is 0.481 e. The van der Waals surface area contributed by atoms with Crippen molar-refractivity contribution >= 4 is 23.8 Å². The van der Waals surface area contributed by atoms with E-state index in [0.717, 1.165) is 0 Å². The highest BCUT2D eigenvalue weighted by molar-refractivity contribution is 6.01. The van der Waals surface area contributed by atoms with Crippen molar-refractivity contribution < 1.29 is 24.3 Å². The zero-order valence-electron chi connectivity index (χ0n) is 11.3. The molecule has 20 heavy (non-hydrogen) atoms.